The standard InChI is InChI=1S/C20H19NO6/c1-24-15-5-7-16(8-6-15)25-11-10-21-19(22)13-26-17-4-2-14-3-9-20(23)27-18(14)12-17/h2-9,12H,10-11,13H2,1H3,(H,21,22). The van der Waals surface area contributed by atoms with Gasteiger partial charge in [0.1, 0.15) is 29.4 Å². The molecule has 0 radical (unpaired) electrons. The van der Waals surface area contributed by atoms with Crippen LogP contribution in [0.1, 0.15) is 0 Å². The van der Waals surface area contributed by atoms with Crippen molar-refractivity contribution in [2.24, 2.45) is 0 Å². The maximum Gasteiger partial charge on any atom is 0.336 e. The summed E-state index contributed by atoms with van der Waals surface area (Å²) in [4.78, 5) is 23.1. The third-order valence-electron chi connectivity index (χ3n) is 3.72. The van der Waals surface area contributed by atoms with Crippen molar-refractivity contribution in [2.45, 2.75) is 0 Å². The lowest BCUT2D eigenvalue weighted by molar-refractivity contribution is -0.123. The summed E-state index contributed by atoms with van der Waals surface area (Å²) >= 11 is 0. The zero-order valence-electron chi connectivity index (χ0n) is 14.8. The third kappa shape index (κ3) is 5.24. The Morgan fingerprint density at radius 1 is 0.963 bits per heavy atom. The van der Waals surface area contributed by atoms with Crippen LogP contribution in [0.25, 0.3) is 11.0 Å². The summed E-state index contributed by atoms with van der Waals surface area (Å²) in [6, 6.07) is 15.3. The molecular formula is C20H19NO6. The minimum atomic E-state index is -0.436. The first-order valence-electron chi connectivity index (χ1n) is 8.34. The molecule has 7 heteroatoms. The van der Waals surface area contributed by atoms with E-state index in [-0.39, 0.29) is 12.5 Å². The van der Waals surface area contributed by atoms with Gasteiger partial charge in [-0.25, -0.2) is 4.79 Å². The van der Waals surface area contributed by atoms with E-state index in [1.165, 1.54) is 6.07 Å². The molecule has 0 fully saturated rings. The Morgan fingerprint density at radius 3 is 2.44 bits per heavy atom. The maximum absolute atomic E-state index is 11.8. The first-order valence-corrected chi connectivity index (χ1v) is 8.34. The zero-order chi connectivity index (χ0) is 19.1. The Balaban J connectivity index is 1.41. The van der Waals surface area contributed by atoms with E-state index in [4.69, 9.17) is 18.6 Å². The van der Waals surface area contributed by atoms with E-state index in [1.54, 1.807) is 55.6 Å². The minimum Gasteiger partial charge on any atom is -0.497 e. The topological polar surface area (TPSA) is 87.0 Å². The van der Waals surface area contributed by atoms with E-state index >= 15 is 0 Å². The van der Waals surface area contributed by atoms with Crippen LogP contribution in [-0.2, 0) is 4.79 Å². The van der Waals surface area contributed by atoms with Gasteiger partial charge < -0.3 is 23.9 Å². The first kappa shape index (κ1) is 18.3. The molecule has 0 saturated heterocycles. The van der Waals surface area contributed by atoms with Gasteiger partial charge in [0.25, 0.3) is 5.91 Å². The van der Waals surface area contributed by atoms with Crippen LogP contribution in [0.15, 0.2) is 63.8 Å². The lowest BCUT2D eigenvalue weighted by Crippen LogP contribution is -2.32. The predicted octanol–water partition coefficient (Wildman–Crippen LogP) is 2.38. The van der Waals surface area contributed by atoms with Gasteiger partial charge in [-0.1, -0.05) is 0 Å². The number of carbonyl (C=O) groups is 1. The van der Waals surface area contributed by atoms with Gasteiger partial charge in [-0.2, -0.15) is 0 Å². The van der Waals surface area contributed by atoms with Gasteiger partial charge in [0.15, 0.2) is 6.61 Å². The molecule has 1 amide bonds. The number of benzene rings is 2. The fraction of sp³-hybridized carbons (Fsp3) is 0.200. The number of ether oxygens (including phenoxy) is 3. The Hall–Kier alpha value is -3.48. The summed E-state index contributed by atoms with van der Waals surface area (Å²) in [6.45, 7) is 0.533. The van der Waals surface area contributed by atoms with Crippen molar-refractivity contribution in [1.82, 2.24) is 5.32 Å². The number of methoxy groups -OCH3 is 1. The van der Waals surface area contributed by atoms with Crippen LogP contribution in [0.4, 0.5) is 0 Å². The summed E-state index contributed by atoms with van der Waals surface area (Å²) in [7, 11) is 1.60. The fourth-order valence-electron chi connectivity index (χ4n) is 2.36. The SMILES string of the molecule is COc1ccc(OCCNC(=O)COc2ccc3ccc(=O)oc3c2)cc1. The molecule has 0 atom stereocenters. The van der Waals surface area contributed by atoms with Gasteiger partial charge in [-0.05, 0) is 42.5 Å². The van der Waals surface area contributed by atoms with Gasteiger partial charge in [0.05, 0.1) is 13.7 Å². The molecular weight excluding hydrogens is 350 g/mol. The van der Waals surface area contributed by atoms with Crippen molar-refractivity contribution in [3.63, 3.8) is 0 Å². The summed E-state index contributed by atoms with van der Waals surface area (Å²) in [6.07, 6.45) is 0. The summed E-state index contributed by atoms with van der Waals surface area (Å²) in [5.41, 5.74) is -0.0254. The van der Waals surface area contributed by atoms with E-state index in [0.29, 0.717) is 30.2 Å². The average molecular weight is 369 g/mol. The zero-order valence-corrected chi connectivity index (χ0v) is 14.8. The molecule has 0 aliphatic carbocycles. The Bertz CT molecular complexity index is 964. The van der Waals surface area contributed by atoms with E-state index < -0.39 is 5.63 Å². The summed E-state index contributed by atoms with van der Waals surface area (Å²) in [5.74, 6) is 1.61. The van der Waals surface area contributed by atoms with Gasteiger partial charge in [-0.15, -0.1) is 0 Å². The second kappa shape index (κ2) is 8.75. The lowest BCUT2D eigenvalue weighted by atomic mass is 10.2. The molecule has 1 aromatic heterocycles. The fourth-order valence-corrected chi connectivity index (χ4v) is 2.36. The molecule has 0 saturated carbocycles. The van der Waals surface area contributed by atoms with Crippen molar-refractivity contribution in [2.75, 3.05) is 26.9 Å². The molecule has 140 valence electrons. The van der Waals surface area contributed by atoms with E-state index in [0.717, 1.165) is 11.1 Å². The van der Waals surface area contributed by atoms with Gasteiger partial charge >= 0.3 is 5.63 Å². The van der Waals surface area contributed by atoms with Crippen LogP contribution >= 0.6 is 0 Å². The minimum absolute atomic E-state index is 0.148. The molecule has 0 aliphatic rings. The van der Waals surface area contributed by atoms with Crippen molar-refractivity contribution < 1.29 is 23.4 Å². The molecule has 0 aliphatic heterocycles. The highest BCUT2D eigenvalue weighted by atomic mass is 16.5. The van der Waals surface area contributed by atoms with E-state index in [9.17, 15) is 9.59 Å². The summed E-state index contributed by atoms with van der Waals surface area (Å²) in [5, 5.41) is 3.48. The largest absolute Gasteiger partial charge is 0.497 e. The quantitative estimate of drug-likeness (QED) is 0.485. The molecule has 2 aromatic carbocycles. The number of hydrogen-bond acceptors (Lipinski definition) is 6. The highest BCUT2D eigenvalue weighted by molar-refractivity contribution is 5.79. The molecule has 0 bridgehead atoms. The molecule has 1 heterocycles. The van der Waals surface area contributed by atoms with Crippen molar-refractivity contribution in [3.05, 3.63) is 65.0 Å². The van der Waals surface area contributed by atoms with Gasteiger partial charge in [0, 0.05) is 17.5 Å². The Morgan fingerprint density at radius 2 is 1.67 bits per heavy atom. The second-order valence-corrected chi connectivity index (χ2v) is 5.62. The number of carbonyl (C=O) groups excluding carboxylic acids is 1. The summed E-state index contributed by atoms with van der Waals surface area (Å²) < 4.78 is 21.1. The number of nitrogens with one attached hydrogen (secondary N) is 1. The van der Waals surface area contributed by atoms with Crippen LogP contribution in [0.5, 0.6) is 17.2 Å². The van der Waals surface area contributed by atoms with Crippen molar-refractivity contribution in [1.29, 1.82) is 0 Å². The van der Waals surface area contributed by atoms with Crippen LogP contribution in [0.2, 0.25) is 0 Å². The number of fused-ring (bicyclic) bond motifs is 1. The molecule has 3 rings (SSSR count). The molecule has 0 spiro atoms. The maximum atomic E-state index is 11.8. The molecule has 1 N–H and O–H groups in total. The van der Waals surface area contributed by atoms with E-state index in [1.807, 2.05) is 0 Å². The first-order chi connectivity index (χ1) is 13.1. The Labute approximate surface area is 155 Å². The number of hydrogen-bond donors (Lipinski definition) is 1. The van der Waals surface area contributed by atoms with Crippen LogP contribution in [0.3, 0.4) is 0 Å². The smallest absolute Gasteiger partial charge is 0.336 e. The predicted molar refractivity (Wildman–Crippen MR) is 99.5 cm³/mol. The molecule has 27 heavy (non-hydrogen) atoms. The van der Waals surface area contributed by atoms with E-state index in [2.05, 4.69) is 5.32 Å². The van der Waals surface area contributed by atoms with Gasteiger partial charge in [0.2, 0.25) is 0 Å². The molecule has 0 unspecified atom stereocenters. The number of rotatable bonds is 8. The van der Waals surface area contributed by atoms with Crippen molar-refractivity contribution in [3.8, 4) is 17.2 Å². The average Bonchev–Trinajstić information content (AvgIpc) is 2.69. The normalized spacial score (nSPS) is 10.4. The lowest BCUT2D eigenvalue weighted by Gasteiger charge is -2.09. The van der Waals surface area contributed by atoms with Gasteiger partial charge in [-0.3, -0.25) is 4.79 Å². The number of amides is 1. The second-order valence-electron chi connectivity index (χ2n) is 5.62. The highest BCUT2D eigenvalue weighted by Gasteiger charge is 2.05. The monoisotopic (exact) mass is 369 g/mol. The van der Waals surface area contributed by atoms with Crippen LogP contribution < -0.4 is 25.2 Å². The highest BCUT2D eigenvalue weighted by Crippen LogP contribution is 2.19. The van der Waals surface area contributed by atoms with Crippen molar-refractivity contribution >= 4 is 16.9 Å². The third-order valence-corrected chi connectivity index (χ3v) is 3.72. The van der Waals surface area contributed by atoms with Crippen LogP contribution in [0, 0.1) is 0 Å². The van der Waals surface area contributed by atoms with Crippen LogP contribution in [-0.4, -0.2) is 32.8 Å². The molecule has 3 aromatic rings. The molecule has 7 nitrogen and oxygen atoms in total. The Kier molecular flexibility index (Phi) is 5.94.